The number of carbonyl (C=O) groups is 1. The first-order valence-corrected chi connectivity index (χ1v) is 9.50. The minimum absolute atomic E-state index is 0.302. The molecule has 0 atom stereocenters. The summed E-state index contributed by atoms with van der Waals surface area (Å²) < 4.78 is 18.4. The Morgan fingerprint density at radius 3 is 2.59 bits per heavy atom. The maximum atomic E-state index is 12.9. The number of urea groups is 1. The van der Waals surface area contributed by atoms with Gasteiger partial charge in [-0.2, -0.15) is 0 Å². The van der Waals surface area contributed by atoms with Gasteiger partial charge in [-0.15, -0.1) is 11.3 Å². The number of ether oxygens (including phenoxy) is 1. The summed E-state index contributed by atoms with van der Waals surface area (Å²) in [6.07, 6.45) is 0.964. The van der Waals surface area contributed by atoms with Crippen molar-refractivity contribution in [3.63, 3.8) is 0 Å². The van der Waals surface area contributed by atoms with Crippen molar-refractivity contribution in [2.75, 3.05) is 11.9 Å². The highest BCUT2D eigenvalue weighted by Gasteiger charge is 2.08. The Morgan fingerprint density at radius 2 is 1.89 bits per heavy atom. The van der Waals surface area contributed by atoms with Crippen molar-refractivity contribution in [1.82, 2.24) is 10.3 Å². The van der Waals surface area contributed by atoms with E-state index in [0.29, 0.717) is 18.3 Å². The fraction of sp³-hybridized carbons (Fsp3) is 0.200. The van der Waals surface area contributed by atoms with Gasteiger partial charge in [-0.25, -0.2) is 14.2 Å². The van der Waals surface area contributed by atoms with E-state index < -0.39 is 0 Å². The number of hydrogen-bond donors (Lipinski definition) is 2. The van der Waals surface area contributed by atoms with Gasteiger partial charge in [-0.05, 0) is 48.4 Å². The number of nitrogens with zero attached hydrogens (tertiary/aromatic N) is 1. The summed E-state index contributed by atoms with van der Waals surface area (Å²) >= 11 is 1.35. The first kappa shape index (κ1) is 18.8. The molecule has 0 saturated carbocycles. The van der Waals surface area contributed by atoms with Gasteiger partial charge >= 0.3 is 6.03 Å². The Labute approximate surface area is 161 Å². The molecule has 2 N–H and O–H groups in total. The van der Waals surface area contributed by atoms with Crippen LogP contribution in [0.3, 0.4) is 0 Å². The Kier molecular flexibility index (Phi) is 6.38. The molecule has 0 fully saturated rings. The monoisotopic (exact) mass is 385 g/mol. The number of halogens is 1. The van der Waals surface area contributed by atoms with Crippen molar-refractivity contribution in [2.45, 2.75) is 19.9 Å². The van der Waals surface area contributed by atoms with Crippen LogP contribution in [0.1, 0.15) is 18.9 Å². The molecule has 0 aliphatic heterocycles. The molecule has 0 bridgehead atoms. The lowest BCUT2D eigenvalue weighted by atomic mass is 10.2. The summed E-state index contributed by atoms with van der Waals surface area (Å²) in [6.45, 7) is 3.06. The van der Waals surface area contributed by atoms with Gasteiger partial charge in [0.05, 0.1) is 12.3 Å². The summed E-state index contributed by atoms with van der Waals surface area (Å²) in [5.74, 6) is 0.526. The number of benzene rings is 2. The lowest BCUT2D eigenvalue weighted by Crippen LogP contribution is -2.28. The van der Waals surface area contributed by atoms with Crippen LogP contribution in [0.15, 0.2) is 53.9 Å². The average Bonchev–Trinajstić information content (AvgIpc) is 3.14. The first-order valence-electron chi connectivity index (χ1n) is 8.62. The van der Waals surface area contributed by atoms with Crippen molar-refractivity contribution in [3.05, 3.63) is 65.3 Å². The standard InChI is InChI=1S/C20H20FN3O2S/c1-2-11-26-17-9-5-15(6-10-17)18-13-27-20(23-18)24-19(25)22-12-14-3-7-16(21)8-4-14/h3-10,13H,2,11-12H2,1H3,(H2,22,23,24,25). The summed E-state index contributed by atoms with van der Waals surface area (Å²) in [5, 5.41) is 7.83. The smallest absolute Gasteiger partial charge is 0.321 e. The Balaban J connectivity index is 1.54. The second-order valence-corrected chi connectivity index (χ2v) is 6.70. The number of nitrogens with one attached hydrogen (secondary N) is 2. The van der Waals surface area contributed by atoms with Gasteiger partial charge in [-0.3, -0.25) is 5.32 Å². The van der Waals surface area contributed by atoms with Crippen LogP contribution in [0.5, 0.6) is 5.75 Å². The summed E-state index contributed by atoms with van der Waals surface area (Å²) in [4.78, 5) is 16.4. The number of aromatic nitrogens is 1. The quantitative estimate of drug-likeness (QED) is 0.597. The SMILES string of the molecule is CCCOc1ccc(-c2csc(NC(=O)NCc3ccc(F)cc3)n2)cc1. The van der Waals surface area contributed by atoms with Gasteiger partial charge in [0.2, 0.25) is 0 Å². The Bertz CT molecular complexity index is 879. The molecule has 0 aliphatic carbocycles. The van der Waals surface area contributed by atoms with Crippen LogP contribution < -0.4 is 15.4 Å². The van der Waals surface area contributed by atoms with Crippen LogP contribution in [0.4, 0.5) is 14.3 Å². The maximum absolute atomic E-state index is 12.9. The summed E-state index contributed by atoms with van der Waals surface area (Å²) in [7, 11) is 0. The predicted octanol–water partition coefficient (Wildman–Crippen LogP) is 5.06. The molecule has 27 heavy (non-hydrogen) atoms. The molecular weight excluding hydrogens is 365 g/mol. The number of hydrogen-bond acceptors (Lipinski definition) is 4. The van der Waals surface area contributed by atoms with E-state index in [2.05, 4.69) is 22.5 Å². The van der Waals surface area contributed by atoms with E-state index in [1.165, 1.54) is 23.5 Å². The van der Waals surface area contributed by atoms with Crippen molar-refractivity contribution in [3.8, 4) is 17.0 Å². The molecule has 0 saturated heterocycles. The molecule has 140 valence electrons. The second-order valence-electron chi connectivity index (χ2n) is 5.84. The van der Waals surface area contributed by atoms with Crippen LogP contribution >= 0.6 is 11.3 Å². The fourth-order valence-electron chi connectivity index (χ4n) is 2.33. The van der Waals surface area contributed by atoms with Crippen LogP contribution in [-0.2, 0) is 6.54 Å². The molecule has 3 aromatic rings. The third kappa shape index (κ3) is 5.52. The minimum Gasteiger partial charge on any atom is -0.494 e. The van der Waals surface area contributed by atoms with E-state index in [1.54, 1.807) is 12.1 Å². The van der Waals surface area contributed by atoms with E-state index in [-0.39, 0.29) is 11.8 Å². The predicted molar refractivity (Wildman–Crippen MR) is 106 cm³/mol. The molecule has 2 amide bonds. The highest BCUT2D eigenvalue weighted by atomic mass is 32.1. The number of amides is 2. The van der Waals surface area contributed by atoms with Gasteiger partial charge in [0.25, 0.3) is 0 Å². The highest BCUT2D eigenvalue weighted by Crippen LogP contribution is 2.26. The van der Waals surface area contributed by atoms with Crippen LogP contribution in [0, 0.1) is 5.82 Å². The Hall–Kier alpha value is -2.93. The lowest BCUT2D eigenvalue weighted by Gasteiger charge is -2.06. The topological polar surface area (TPSA) is 63.2 Å². The van der Waals surface area contributed by atoms with Crippen LogP contribution in [-0.4, -0.2) is 17.6 Å². The largest absolute Gasteiger partial charge is 0.494 e. The van der Waals surface area contributed by atoms with Crippen molar-refractivity contribution in [1.29, 1.82) is 0 Å². The molecule has 5 nitrogen and oxygen atoms in total. The highest BCUT2D eigenvalue weighted by molar-refractivity contribution is 7.14. The molecular formula is C20H20FN3O2S. The molecule has 0 aliphatic rings. The van der Waals surface area contributed by atoms with E-state index in [1.807, 2.05) is 29.6 Å². The molecule has 3 rings (SSSR count). The van der Waals surface area contributed by atoms with Gasteiger partial charge in [0.1, 0.15) is 11.6 Å². The van der Waals surface area contributed by atoms with Crippen LogP contribution in [0.2, 0.25) is 0 Å². The van der Waals surface area contributed by atoms with Gasteiger partial charge in [0, 0.05) is 17.5 Å². The average molecular weight is 385 g/mol. The van der Waals surface area contributed by atoms with Crippen molar-refractivity contribution in [2.24, 2.45) is 0 Å². The minimum atomic E-state index is -0.358. The zero-order valence-corrected chi connectivity index (χ0v) is 15.7. The van der Waals surface area contributed by atoms with Crippen molar-refractivity contribution < 1.29 is 13.9 Å². The van der Waals surface area contributed by atoms with Gasteiger partial charge < -0.3 is 10.1 Å². The third-order valence-corrected chi connectivity index (χ3v) is 4.47. The van der Waals surface area contributed by atoms with E-state index in [9.17, 15) is 9.18 Å². The molecule has 0 unspecified atom stereocenters. The molecule has 0 radical (unpaired) electrons. The van der Waals surface area contributed by atoms with E-state index >= 15 is 0 Å². The normalized spacial score (nSPS) is 10.4. The molecule has 0 spiro atoms. The molecule has 1 aromatic heterocycles. The summed E-state index contributed by atoms with van der Waals surface area (Å²) in [6, 6.07) is 13.3. The maximum Gasteiger partial charge on any atom is 0.321 e. The zero-order valence-electron chi connectivity index (χ0n) is 14.9. The second kappa shape index (κ2) is 9.14. The third-order valence-electron chi connectivity index (χ3n) is 3.71. The molecule has 2 aromatic carbocycles. The van der Waals surface area contributed by atoms with Gasteiger partial charge in [0.15, 0.2) is 5.13 Å². The molecule has 7 heteroatoms. The number of thiazole rings is 1. The van der Waals surface area contributed by atoms with Gasteiger partial charge in [-0.1, -0.05) is 19.1 Å². The number of rotatable bonds is 7. The number of carbonyl (C=O) groups excluding carboxylic acids is 1. The van der Waals surface area contributed by atoms with E-state index in [4.69, 9.17) is 4.74 Å². The zero-order chi connectivity index (χ0) is 19.1. The fourth-order valence-corrected chi connectivity index (χ4v) is 3.05. The lowest BCUT2D eigenvalue weighted by molar-refractivity contribution is 0.251. The summed E-state index contributed by atoms with van der Waals surface area (Å²) in [5.41, 5.74) is 2.56. The van der Waals surface area contributed by atoms with Crippen LogP contribution in [0.25, 0.3) is 11.3 Å². The molecule has 1 heterocycles. The van der Waals surface area contributed by atoms with Crippen molar-refractivity contribution >= 4 is 22.5 Å². The Morgan fingerprint density at radius 1 is 1.15 bits per heavy atom. The first-order chi connectivity index (χ1) is 13.1. The number of anilines is 1. The van der Waals surface area contributed by atoms with E-state index in [0.717, 1.165) is 29.0 Å².